The Morgan fingerprint density at radius 1 is 1.23 bits per heavy atom. The van der Waals surface area contributed by atoms with Gasteiger partial charge < -0.3 is 10.5 Å². The minimum absolute atomic E-state index is 0.0927. The quantitative estimate of drug-likeness (QED) is 0.415. The van der Waals surface area contributed by atoms with E-state index in [0.29, 0.717) is 0 Å². The van der Waals surface area contributed by atoms with E-state index in [1.165, 1.54) is 0 Å². The summed E-state index contributed by atoms with van der Waals surface area (Å²) in [6.45, 7) is -0.599. The van der Waals surface area contributed by atoms with Crippen LogP contribution in [0.4, 0.5) is 5.69 Å². The van der Waals surface area contributed by atoms with Crippen molar-refractivity contribution < 1.29 is 39.1 Å². The molecule has 0 spiro atoms. The van der Waals surface area contributed by atoms with Gasteiger partial charge in [-0.2, -0.15) is 16.8 Å². The number of benzene rings is 1. The Bertz CT molecular complexity index is 785. The normalized spacial score (nSPS) is 13.8. The zero-order valence-corrected chi connectivity index (χ0v) is 13.6. The summed E-state index contributed by atoms with van der Waals surface area (Å²) in [4.78, 5) is -0.765. The Balaban J connectivity index is 3.11. The van der Waals surface area contributed by atoms with E-state index in [1.54, 1.807) is 0 Å². The number of anilines is 1. The standard InChI is InChI=1S/C9H13NO9S3/c1-18-9-7(10)4-6(5-8(9)21(12,13)14)20(11)3-2-19-22(15,16)17/h4-5H,2-3,10H2,1H3,(H,12,13,14)(H,15,16,17). The molecule has 22 heavy (non-hydrogen) atoms. The lowest BCUT2D eigenvalue weighted by molar-refractivity contribution is 0.284. The fraction of sp³-hybridized carbons (Fsp3) is 0.333. The summed E-state index contributed by atoms with van der Waals surface area (Å²) in [5, 5.41) is 0. The van der Waals surface area contributed by atoms with Crippen molar-refractivity contribution in [3.63, 3.8) is 0 Å². The molecule has 0 aliphatic carbocycles. The van der Waals surface area contributed by atoms with Gasteiger partial charge >= 0.3 is 10.4 Å². The molecule has 1 unspecified atom stereocenters. The van der Waals surface area contributed by atoms with Crippen molar-refractivity contribution in [1.82, 2.24) is 0 Å². The maximum Gasteiger partial charge on any atom is 0.397 e. The minimum atomic E-state index is -4.67. The molecule has 10 nitrogen and oxygen atoms in total. The summed E-state index contributed by atoms with van der Waals surface area (Å²) >= 11 is 0. The van der Waals surface area contributed by atoms with Crippen molar-refractivity contribution in [3.8, 4) is 5.75 Å². The van der Waals surface area contributed by atoms with Crippen LogP contribution in [0, 0.1) is 0 Å². The second-order valence-corrected chi connectivity index (χ2v) is 7.87. The van der Waals surface area contributed by atoms with E-state index in [1.807, 2.05) is 0 Å². The molecule has 0 saturated carbocycles. The predicted octanol–water partition coefficient (Wildman–Crippen LogP) is -0.549. The Morgan fingerprint density at radius 2 is 1.82 bits per heavy atom. The Hall–Kier alpha value is -1.25. The molecule has 0 fully saturated rings. The number of nitrogen functional groups attached to an aromatic ring is 1. The first-order chi connectivity index (χ1) is 9.95. The van der Waals surface area contributed by atoms with Gasteiger partial charge in [0.1, 0.15) is 4.90 Å². The van der Waals surface area contributed by atoms with Gasteiger partial charge in [0.05, 0.1) is 36.0 Å². The topological polar surface area (TPSA) is 170 Å². The zero-order chi connectivity index (χ0) is 17.1. The second kappa shape index (κ2) is 6.89. The lowest BCUT2D eigenvalue weighted by Gasteiger charge is -2.11. The van der Waals surface area contributed by atoms with Gasteiger partial charge in [-0.1, -0.05) is 0 Å². The van der Waals surface area contributed by atoms with Gasteiger partial charge in [0.15, 0.2) is 5.75 Å². The molecule has 0 amide bonds. The average molecular weight is 375 g/mol. The van der Waals surface area contributed by atoms with Crippen molar-refractivity contribution in [2.45, 2.75) is 9.79 Å². The molecule has 1 atom stereocenters. The summed E-state index contributed by atoms with van der Waals surface area (Å²) in [6, 6.07) is 2.03. The van der Waals surface area contributed by atoms with Crippen molar-refractivity contribution in [2.75, 3.05) is 25.2 Å². The van der Waals surface area contributed by atoms with E-state index in [9.17, 15) is 21.0 Å². The van der Waals surface area contributed by atoms with Crippen LogP contribution in [-0.2, 0) is 35.5 Å². The average Bonchev–Trinajstić information content (AvgIpc) is 2.34. The van der Waals surface area contributed by atoms with E-state index in [4.69, 9.17) is 19.6 Å². The molecule has 4 N–H and O–H groups in total. The van der Waals surface area contributed by atoms with Crippen LogP contribution in [0.1, 0.15) is 0 Å². The van der Waals surface area contributed by atoms with Gasteiger partial charge in [0.25, 0.3) is 10.1 Å². The molecule has 0 heterocycles. The van der Waals surface area contributed by atoms with Crippen LogP contribution in [0.2, 0.25) is 0 Å². The zero-order valence-electron chi connectivity index (χ0n) is 11.1. The summed E-state index contributed by atoms with van der Waals surface area (Å²) in [7, 11) is -10.1. The van der Waals surface area contributed by atoms with Gasteiger partial charge in [-0.05, 0) is 12.1 Å². The maximum absolute atomic E-state index is 11.9. The van der Waals surface area contributed by atoms with Gasteiger partial charge in [0, 0.05) is 4.90 Å². The van der Waals surface area contributed by atoms with Crippen LogP contribution >= 0.6 is 0 Å². The van der Waals surface area contributed by atoms with Crippen molar-refractivity contribution in [3.05, 3.63) is 12.1 Å². The second-order valence-electron chi connectivity index (χ2n) is 3.82. The smallest absolute Gasteiger partial charge is 0.397 e. The van der Waals surface area contributed by atoms with Crippen molar-refractivity contribution >= 4 is 37.0 Å². The minimum Gasteiger partial charge on any atom is -0.493 e. The molecular weight excluding hydrogens is 362 g/mol. The summed E-state index contributed by atoms with van der Waals surface area (Å²) in [5.74, 6) is -0.673. The highest BCUT2D eigenvalue weighted by Gasteiger charge is 2.22. The highest BCUT2D eigenvalue weighted by atomic mass is 32.3. The van der Waals surface area contributed by atoms with Crippen LogP contribution in [0.3, 0.4) is 0 Å². The lowest BCUT2D eigenvalue weighted by atomic mass is 10.3. The fourth-order valence-corrected chi connectivity index (χ4v) is 3.64. The molecule has 0 bridgehead atoms. The van der Waals surface area contributed by atoms with Gasteiger partial charge in [0.2, 0.25) is 0 Å². The van der Waals surface area contributed by atoms with E-state index in [2.05, 4.69) is 4.18 Å². The van der Waals surface area contributed by atoms with E-state index in [0.717, 1.165) is 19.2 Å². The molecule has 0 aliphatic rings. The first-order valence-electron chi connectivity index (χ1n) is 5.41. The van der Waals surface area contributed by atoms with Crippen LogP contribution in [0.5, 0.6) is 5.75 Å². The molecule has 1 aromatic rings. The van der Waals surface area contributed by atoms with Crippen LogP contribution in [0.15, 0.2) is 21.9 Å². The summed E-state index contributed by atoms with van der Waals surface area (Å²) in [5.41, 5.74) is 5.38. The van der Waals surface area contributed by atoms with Gasteiger partial charge in [-0.25, -0.2) is 4.18 Å². The third-order valence-corrected chi connectivity index (χ3v) is 4.93. The van der Waals surface area contributed by atoms with E-state index >= 15 is 0 Å². The largest absolute Gasteiger partial charge is 0.493 e. The van der Waals surface area contributed by atoms with Crippen LogP contribution in [-0.4, -0.2) is 49.6 Å². The Kier molecular flexibility index (Phi) is 5.89. The SMILES string of the molecule is COc1c(N)cc(S(=O)CCOS(=O)(=O)O)cc1S(=O)(=O)O. The van der Waals surface area contributed by atoms with E-state index < -0.39 is 42.8 Å². The van der Waals surface area contributed by atoms with E-state index in [-0.39, 0.29) is 22.1 Å². The maximum atomic E-state index is 11.9. The molecule has 13 heteroatoms. The molecule has 0 radical (unpaired) electrons. The molecule has 1 aromatic carbocycles. The number of ether oxygens (including phenoxy) is 1. The summed E-state index contributed by atoms with van der Waals surface area (Å²) < 4.78 is 81.4. The van der Waals surface area contributed by atoms with Crippen molar-refractivity contribution in [2.24, 2.45) is 0 Å². The Morgan fingerprint density at radius 3 is 2.27 bits per heavy atom. The summed E-state index contributed by atoms with van der Waals surface area (Å²) in [6.07, 6.45) is 0. The molecule has 0 aromatic heterocycles. The first kappa shape index (κ1) is 18.8. The molecule has 126 valence electrons. The molecule has 1 rings (SSSR count). The molecular formula is C9H13NO9S3. The van der Waals surface area contributed by atoms with Gasteiger partial charge in [-0.15, -0.1) is 0 Å². The number of nitrogens with two attached hydrogens (primary N) is 1. The third kappa shape index (κ3) is 5.19. The monoisotopic (exact) mass is 375 g/mol. The van der Waals surface area contributed by atoms with Crippen LogP contribution < -0.4 is 10.5 Å². The van der Waals surface area contributed by atoms with Gasteiger partial charge in [-0.3, -0.25) is 13.3 Å². The molecule has 0 saturated heterocycles. The Labute approximate surface area is 129 Å². The highest BCUT2D eigenvalue weighted by Crippen LogP contribution is 2.32. The molecule has 0 aliphatic heterocycles. The highest BCUT2D eigenvalue weighted by molar-refractivity contribution is 7.86. The van der Waals surface area contributed by atoms with Crippen molar-refractivity contribution in [1.29, 1.82) is 0 Å². The number of hydrogen-bond donors (Lipinski definition) is 3. The number of rotatable bonds is 7. The predicted molar refractivity (Wildman–Crippen MR) is 76.0 cm³/mol. The number of hydrogen-bond acceptors (Lipinski definition) is 8. The van der Waals surface area contributed by atoms with Crippen LogP contribution in [0.25, 0.3) is 0 Å². The lowest BCUT2D eigenvalue weighted by Crippen LogP contribution is -2.12. The third-order valence-electron chi connectivity index (χ3n) is 2.30. The first-order valence-corrected chi connectivity index (χ1v) is 9.53. The number of methoxy groups -OCH3 is 1. The fourth-order valence-electron chi connectivity index (χ4n) is 1.47.